The molecule has 2 aromatic rings. The predicted octanol–water partition coefficient (Wildman–Crippen LogP) is 3.05. The van der Waals surface area contributed by atoms with Crippen LogP contribution in [-0.2, 0) is 42.9 Å². The third-order valence-corrected chi connectivity index (χ3v) is 6.75. The second kappa shape index (κ2) is 12.1. The number of alkyl halides is 1. The van der Waals surface area contributed by atoms with E-state index >= 15 is 0 Å². The number of nitrogens with one attached hydrogen (secondary N) is 1. The SMILES string of the molecule is CC(=O)OC[C@H]1O[C@@H](Oc2cc3c(c4ccccc24)[C@H](CCl)CN3)[C@H](OC(C)=O)[C@@H](OC(C)=O)[C@H]1OC(C)=O. The molecule has 210 valence electrons. The molecule has 2 aliphatic rings. The Bertz CT molecular complexity index is 1270. The van der Waals surface area contributed by atoms with E-state index in [1.165, 1.54) is 13.8 Å². The summed E-state index contributed by atoms with van der Waals surface area (Å²) < 4.78 is 34.0. The lowest BCUT2D eigenvalue weighted by molar-refractivity contribution is -0.288. The smallest absolute Gasteiger partial charge is 0.303 e. The molecule has 0 radical (unpaired) electrons. The number of anilines is 1. The van der Waals surface area contributed by atoms with Gasteiger partial charge in [0.25, 0.3) is 0 Å². The molecule has 2 aliphatic heterocycles. The van der Waals surface area contributed by atoms with Gasteiger partial charge in [-0.05, 0) is 10.9 Å². The number of halogens is 1. The summed E-state index contributed by atoms with van der Waals surface area (Å²) in [4.78, 5) is 47.7. The molecule has 2 aromatic carbocycles. The van der Waals surface area contributed by atoms with Crippen molar-refractivity contribution in [3.8, 4) is 5.75 Å². The van der Waals surface area contributed by atoms with E-state index in [2.05, 4.69) is 5.32 Å². The largest absolute Gasteiger partial charge is 0.463 e. The first-order valence-corrected chi connectivity index (χ1v) is 12.9. The highest BCUT2D eigenvalue weighted by Gasteiger charge is 2.53. The second-order valence-electron chi connectivity index (χ2n) is 9.30. The fourth-order valence-electron chi connectivity index (χ4n) is 4.92. The van der Waals surface area contributed by atoms with Crippen molar-refractivity contribution in [3.05, 3.63) is 35.9 Å². The molecule has 0 amide bonds. The maximum absolute atomic E-state index is 12.1. The molecule has 4 rings (SSSR count). The number of fused-ring (bicyclic) bond motifs is 3. The average molecular weight is 564 g/mol. The van der Waals surface area contributed by atoms with Gasteiger partial charge >= 0.3 is 23.9 Å². The van der Waals surface area contributed by atoms with Crippen LogP contribution in [0.15, 0.2) is 30.3 Å². The molecule has 0 saturated carbocycles. The lowest BCUT2D eigenvalue weighted by atomic mass is 9.95. The fourth-order valence-corrected chi connectivity index (χ4v) is 5.19. The standard InChI is InChI=1S/C27H30ClNO10/c1-13(30)34-12-22-24(35-14(2)31)25(36-15(3)32)26(37-16(4)33)27(39-22)38-21-9-20-23(17(10-28)11-29-20)19-8-6-5-7-18(19)21/h5-9,17,22,24-27,29H,10-12H2,1-4H3/t17-,22-,24+,25+,26-,27-/m1/s1. The van der Waals surface area contributed by atoms with Crippen LogP contribution in [0.5, 0.6) is 5.75 Å². The summed E-state index contributed by atoms with van der Waals surface area (Å²) in [5.41, 5.74) is 1.90. The van der Waals surface area contributed by atoms with Gasteiger partial charge in [0.2, 0.25) is 12.4 Å². The number of carbonyl (C=O) groups is 4. The summed E-state index contributed by atoms with van der Waals surface area (Å²) in [7, 11) is 0. The van der Waals surface area contributed by atoms with E-state index < -0.39 is 54.6 Å². The van der Waals surface area contributed by atoms with Gasteiger partial charge in [0.1, 0.15) is 18.5 Å². The molecule has 0 spiro atoms. The molecule has 0 unspecified atom stereocenters. The minimum absolute atomic E-state index is 0.103. The number of esters is 4. The Hall–Kier alpha value is -3.57. The first-order valence-electron chi connectivity index (χ1n) is 12.4. The van der Waals surface area contributed by atoms with Crippen molar-refractivity contribution < 1.29 is 47.6 Å². The number of carbonyl (C=O) groups excluding carboxylic acids is 4. The van der Waals surface area contributed by atoms with Crippen LogP contribution in [0.2, 0.25) is 0 Å². The van der Waals surface area contributed by atoms with Gasteiger partial charge < -0.3 is 33.7 Å². The zero-order valence-electron chi connectivity index (χ0n) is 21.9. The lowest BCUT2D eigenvalue weighted by Gasteiger charge is -2.44. The maximum Gasteiger partial charge on any atom is 0.303 e. The molecule has 1 saturated heterocycles. The van der Waals surface area contributed by atoms with E-state index in [0.29, 0.717) is 18.2 Å². The first-order chi connectivity index (χ1) is 18.6. The summed E-state index contributed by atoms with van der Waals surface area (Å²) in [5, 5.41) is 5.02. The van der Waals surface area contributed by atoms with Crippen LogP contribution in [-0.4, -0.2) is 73.6 Å². The molecule has 2 heterocycles. The van der Waals surface area contributed by atoms with Crippen LogP contribution in [0, 0.1) is 0 Å². The van der Waals surface area contributed by atoms with Crippen LogP contribution in [0.1, 0.15) is 39.2 Å². The average Bonchev–Trinajstić information content (AvgIpc) is 3.29. The van der Waals surface area contributed by atoms with Crippen LogP contribution in [0.3, 0.4) is 0 Å². The number of hydrogen-bond donors (Lipinski definition) is 1. The van der Waals surface area contributed by atoms with Crippen LogP contribution in [0.4, 0.5) is 5.69 Å². The summed E-state index contributed by atoms with van der Waals surface area (Å²) in [6.45, 7) is 5.02. The first kappa shape index (κ1) is 28.4. The van der Waals surface area contributed by atoms with Crippen molar-refractivity contribution in [2.45, 2.75) is 64.3 Å². The zero-order valence-corrected chi connectivity index (χ0v) is 22.7. The quantitative estimate of drug-likeness (QED) is 0.288. The van der Waals surface area contributed by atoms with Crippen LogP contribution < -0.4 is 10.1 Å². The molecule has 1 N–H and O–H groups in total. The van der Waals surface area contributed by atoms with Crippen molar-refractivity contribution >= 4 is 51.9 Å². The van der Waals surface area contributed by atoms with E-state index in [0.717, 1.165) is 35.9 Å². The fraction of sp³-hybridized carbons (Fsp3) is 0.481. The minimum Gasteiger partial charge on any atom is -0.463 e. The molecular weight excluding hydrogens is 534 g/mol. The second-order valence-corrected chi connectivity index (χ2v) is 9.61. The molecule has 6 atom stereocenters. The normalized spacial score (nSPS) is 25.7. The van der Waals surface area contributed by atoms with Gasteiger partial charge in [0, 0.05) is 63.2 Å². The number of rotatable bonds is 8. The summed E-state index contributed by atoms with van der Waals surface area (Å²) in [5.74, 6) is -1.81. The summed E-state index contributed by atoms with van der Waals surface area (Å²) in [6.07, 6.45) is -6.37. The van der Waals surface area contributed by atoms with E-state index in [1.807, 2.05) is 24.3 Å². The van der Waals surface area contributed by atoms with Crippen LogP contribution in [0.25, 0.3) is 10.8 Å². The van der Waals surface area contributed by atoms with Gasteiger partial charge in [0.05, 0.1) is 0 Å². The number of hydrogen-bond acceptors (Lipinski definition) is 11. The summed E-state index contributed by atoms with van der Waals surface area (Å²) >= 11 is 6.22. The van der Waals surface area contributed by atoms with Gasteiger partial charge in [-0.1, -0.05) is 24.3 Å². The Labute approximate surface area is 229 Å². The Morgan fingerprint density at radius 3 is 2.13 bits per heavy atom. The molecule has 11 nitrogen and oxygen atoms in total. The van der Waals surface area contributed by atoms with Gasteiger partial charge in [-0.15, -0.1) is 11.6 Å². The third-order valence-electron chi connectivity index (χ3n) is 6.37. The Morgan fingerprint density at radius 1 is 0.897 bits per heavy atom. The highest BCUT2D eigenvalue weighted by Crippen LogP contribution is 2.43. The molecule has 0 aliphatic carbocycles. The van der Waals surface area contributed by atoms with Gasteiger partial charge in [-0.3, -0.25) is 19.2 Å². The van der Waals surface area contributed by atoms with E-state index in [4.69, 9.17) is 40.0 Å². The molecule has 1 fully saturated rings. The van der Waals surface area contributed by atoms with Crippen molar-refractivity contribution in [2.24, 2.45) is 0 Å². The Kier molecular flexibility index (Phi) is 8.81. The zero-order chi connectivity index (χ0) is 28.3. The number of benzene rings is 2. The van der Waals surface area contributed by atoms with Crippen molar-refractivity contribution in [3.63, 3.8) is 0 Å². The lowest BCUT2D eigenvalue weighted by Crippen LogP contribution is -2.63. The van der Waals surface area contributed by atoms with E-state index in [1.54, 1.807) is 6.07 Å². The topological polar surface area (TPSA) is 136 Å². The van der Waals surface area contributed by atoms with Crippen molar-refractivity contribution in [1.82, 2.24) is 0 Å². The molecular formula is C27H30ClNO10. The highest BCUT2D eigenvalue weighted by atomic mass is 35.5. The van der Waals surface area contributed by atoms with E-state index in [9.17, 15) is 19.2 Å². The van der Waals surface area contributed by atoms with Crippen molar-refractivity contribution in [1.29, 1.82) is 0 Å². The Morgan fingerprint density at radius 2 is 1.51 bits per heavy atom. The van der Waals surface area contributed by atoms with Gasteiger partial charge in [-0.2, -0.15) is 0 Å². The van der Waals surface area contributed by atoms with Gasteiger partial charge in [-0.25, -0.2) is 0 Å². The predicted molar refractivity (Wildman–Crippen MR) is 138 cm³/mol. The Balaban J connectivity index is 1.78. The third kappa shape index (κ3) is 6.36. The van der Waals surface area contributed by atoms with Crippen molar-refractivity contribution in [2.75, 3.05) is 24.3 Å². The molecule has 0 bridgehead atoms. The molecule has 12 heteroatoms. The minimum atomic E-state index is -1.34. The van der Waals surface area contributed by atoms with E-state index in [-0.39, 0.29) is 12.5 Å². The van der Waals surface area contributed by atoms with Gasteiger partial charge in [0.15, 0.2) is 12.2 Å². The maximum atomic E-state index is 12.1. The molecule has 0 aromatic heterocycles. The number of ether oxygens (including phenoxy) is 6. The highest BCUT2D eigenvalue weighted by molar-refractivity contribution is 6.18. The van der Waals surface area contributed by atoms with Crippen LogP contribution >= 0.6 is 11.6 Å². The monoisotopic (exact) mass is 563 g/mol. The summed E-state index contributed by atoms with van der Waals surface area (Å²) in [6, 6.07) is 9.40. The molecule has 39 heavy (non-hydrogen) atoms.